The van der Waals surface area contributed by atoms with E-state index >= 15 is 0 Å². The van der Waals surface area contributed by atoms with Gasteiger partial charge in [0, 0.05) is 13.1 Å². The summed E-state index contributed by atoms with van der Waals surface area (Å²) in [5, 5.41) is 11.0. The predicted octanol–water partition coefficient (Wildman–Crippen LogP) is 2.78. The maximum absolute atomic E-state index is 12.7. The monoisotopic (exact) mass is 288 g/mol. The number of alkyl halides is 3. The van der Waals surface area contributed by atoms with Crippen molar-refractivity contribution in [3.63, 3.8) is 0 Å². The zero-order valence-electron chi connectivity index (χ0n) is 10.7. The van der Waals surface area contributed by atoms with Crippen LogP contribution in [0.15, 0.2) is 18.2 Å². The second kappa shape index (κ2) is 4.19. The summed E-state index contributed by atoms with van der Waals surface area (Å²) in [6, 6.07) is 3.86. The Morgan fingerprint density at radius 3 is 2.50 bits per heavy atom. The number of benzene rings is 1. The number of fused-ring (bicyclic) bond motifs is 1. The first-order valence-electron chi connectivity index (χ1n) is 5.71. The molecule has 8 heteroatoms. The quantitative estimate of drug-likeness (QED) is 0.621. The van der Waals surface area contributed by atoms with Crippen LogP contribution in [0.4, 0.5) is 24.5 Å². The van der Waals surface area contributed by atoms with E-state index in [9.17, 15) is 28.1 Å². The SMILES string of the molecule is CN1C(=O)C(C)(CC(F)(F)F)c2c1cccc2[N+](=O)[O-]. The average Bonchev–Trinajstić information content (AvgIpc) is 2.50. The number of nitrogens with zero attached hydrogens (tertiary/aromatic N) is 2. The maximum atomic E-state index is 12.7. The summed E-state index contributed by atoms with van der Waals surface area (Å²) in [7, 11) is 1.31. The van der Waals surface area contributed by atoms with Crippen LogP contribution in [0.1, 0.15) is 18.9 Å². The number of rotatable bonds is 2. The number of halogens is 3. The van der Waals surface area contributed by atoms with Crippen molar-refractivity contribution >= 4 is 17.3 Å². The fourth-order valence-corrected chi connectivity index (χ4v) is 2.68. The van der Waals surface area contributed by atoms with Crippen LogP contribution < -0.4 is 4.90 Å². The van der Waals surface area contributed by atoms with Crippen LogP contribution >= 0.6 is 0 Å². The van der Waals surface area contributed by atoms with Gasteiger partial charge in [0.1, 0.15) is 0 Å². The molecule has 1 amide bonds. The average molecular weight is 288 g/mol. The van der Waals surface area contributed by atoms with Crippen LogP contribution in [0.25, 0.3) is 0 Å². The second-order valence-electron chi connectivity index (χ2n) is 4.92. The molecule has 1 aliphatic rings. The molecule has 2 rings (SSSR count). The number of carbonyl (C=O) groups is 1. The largest absolute Gasteiger partial charge is 0.390 e. The van der Waals surface area contributed by atoms with Gasteiger partial charge in [-0.2, -0.15) is 13.2 Å². The lowest BCUT2D eigenvalue weighted by Crippen LogP contribution is -2.39. The Morgan fingerprint density at radius 1 is 1.40 bits per heavy atom. The number of hydrogen-bond acceptors (Lipinski definition) is 3. The Bertz CT molecular complexity index is 600. The minimum Gasteiger partial charge on any atom is -0.314 e. The zero-order valence-corrected chi connectivity index (χ0v) is 10.7. The number of nitro groups is 1. The first-order chi connectivity index (χ1) is 9.08. The van der Waals surface area contributed by atoms with E-state index in [1.165, 1.54) is 19.2 Å². The molecular weight excluding hydrogens is 277 g/mol. The van der Waals surface area contributed by atoms with Crippen LogP contribution in [0.2, 0.25) is 0 Å². The van der Waals surface area contributed by atoms with E-state index in [1.54, 1.807) is 0 Å². The molecule has 0 saturated heterocycles. The highest BCUT2D eigenvalue weighted by Crippen LogP contribution is 2.50. The van der Waals surface area contributed by atoms with Gasteiger partial charge in [-0.05, 0) is 13.0 Å². The Labute approximate surface area is 112 Å². The molecule has 0 fully saturated rings. The molecule has 0 spiro atoms. The van der Waals surface area contributed by atoms with Gasteiger partial charge in [-0.25, -0.2) is 0 Å². The lowest BCUT2D eigenvalue weighted by Gasteiger charge is -2.24. The normalized spacial score (nSPS) is 22.1. The van der Waals surface area contributed by atoms with Crippen molar-refractivity contribution in [2.75, 3.05) is 11.9 Å². The van der Waals surface area contributed by atoms with Gasteiger partial charge in [-0.1, -0.05) is 6.07 Å². The van der Waals surface area contributed by atoms with Gasteiger partial charge in [0.25, 0.3) is 5.69 Å². The minimum atomic E-state index is -4.60. The molecule has 0 N–H and O–H groups in total. The maximum Gasteiger partial charge on any atom is 0.390 e. The molecule has 1 heterocycles. The summed E-state index contributed by atoms with van der Waals surface area (Å²) in [6.07, 6.45) is -6.03. The Hall–Kier alpha value is -2.12. The van der Waals surface area contributed by atoms with E-state index in [2.05, 4.69) is 0 Å². The molecule has 20 heavy (non-hydrogen) atoms. The molecular formula is C12H11F3N2O3. The lowest BCUT2D eigenvalue weighted by molar-refractivity contribution is -0.385. The molecule has 1 atom stereocenters. The number of anilines is 1. The second-order valence-corrected chi connectivity index (χ2v) is 4.92. The number of amides is 1. The van der Waals surface area contributed by atoms with Crippen molar-refractivity contribution in [2.24, 2.45) is 0 Å². The summed E-state index contributed by atoms with van der Waals surface area (Å²) in [4.78, 5) is 23.4. The molecule has 1 aliphatic heterocycles. The number of likely N-dealkylation sites (N-methyl/N-ethyl adjacent to an activating group) is 1. The highest BCUT2D eigenvalue weighted by atomic mass is 19.4. The van der Waals surface area contributed by atoms with Gasteiger partial charge in [-0.15, -0.1) is 0 Å². The standard InChI is InChI=1S/C12H11F3N2O3/c1-11(6-12(13,14)15)9-7(16(2)10(11)18)4-3-5-8(9)17(19)20/h3-5H,6H2,1-2H3. The summed E-state index contributed by atoms with van der Waals surface area (Å²) in [5.41, 5.74) is -2.45. The molecule has 1 aromatic carbocycles. The molecule has 0 aromatic heterocycles. The van der Waals surface area contributed by atoms with Gasteiger partial charge in [0.05, 0.1) is 28.0 Å². The molecule has 1 unspecified atom stereocenters. The third-order valence-corrected chi connectivity index (χ3v) is 3.46. The van der Waals surface area contributed by atoms with Gasteiger partial charge in [-0.3, -0.25) is 14.9 Å². The first-order valence-corrected chi connectivity index (χ1v) is 5.71. The van der Waals surface area contributed by atoms with Gasteiger partial charge < -0.3 is 4.90 Å². The molecule has 0 radical (unpaired) electrons. The van der Waals surface area contributed by atoms with Crippen LogP contribution in [0, 0.1) is 10.1 Å². The summed E-state index contributed by atoms with van der Waals surface area (Å²) >= 11 is 0. The van der Waals surface area contributed by atoms with Gasteiger partial charge in [0.2, 0.25) is 5.91 Å². The third kappa shape index (κ3) is 2.00. The summed E-state index contributed by atoms with van der Waals surface area (Å²) < 4.78 is 38.2. The number of nitro benzene ring substituents is 1. The van der Waals surface area contributed by atoms with Crippen LogP contribution in [0.5, 0.6) is 0 Å². The van der Waals surface area contributed by atoms with Crippen LogP contribution in [-0.2, 0) is 10.2 Å². The van der Waals surface area contributed by atoms with Gasteiger partial charge in [0.15, 0.2) is 0 Å². The summed E-state index contributed by atoms with van der Waals surface area (Å²) in [5.74, 6) is -0.792. The minimum absolute atomic E-state index is 0.149. The van der Waals surface area contributed by atoms with Crippen molar-refractivity contribution in [1.82, 2.24) is 0 Å². The molecule has 0 aliphatic carbocycles. The highest BCUT2D eigenvalue weighted by Gasteiger charge is 2.55. The van der Waals surface area contributed by atoms with E-state index < -0.39 is 34.5 Å². The summed E-state index contributed by atoms with van der Waals surface area (Å²) in [6.45, 7) is 1.10. The van der Waals surface area contributed by atoms with Crippen molar-refractivity contribution in [2.45, 2.75) is 24.9 Å². The topological polar surface area (TPSA) is 63.5 Å². The van der Waals surface area contributed by atoms with E-state index in [0.717, 1.165) is 17.9 Å². The Kier molecular flexibility index (Phi) is 2.99. The highest BCUT2D eigenvalue weighted by molar-refractivity contribution is 6.08. The predicted molar refractivity (Wildman–Crippen MR) is 64.5 cm³/mol. The lowest BCUT2D eigenvalue weighted by atomic mass is 9.79. The van der Waals surface area contributed by atoms with Crippen LogP contribution in [-0.4, -0.2) is 24.1 Å². The van der Waals surface area contributed by atoms with E-state index in [-0.39, 0.29) is 11.3 Å². The van der Waals surface area contributed by atoms with E-state index in [4.69, 9.17) is 0 Å². The van der Waals surface area contributed by atoms with Gasteiger partial charge >= 0.3 is 6.18 Å². The van der Waals surface area contributed by atoms with Crippen LogP contribution in [0.3, 0.4) is 0 Å². The molecule has 0 saturated carbocycles. The Balaban J connectivity index is 2.70. The van der Waals surface area contributed by atoms with E-state index in [0.29, 0.717) is 0 Å². The third-order valence-electron chi connectivity index (χ3n) is 3.46. The molecule has 108 valence electrons. The molecule has 0 bridgehead atoms. The smallest absolute Gasteiger partial charge is 0.314 e. The first kappa shape index (κ1) is 14.3. The van der Waals surface area contributed by atoms with Crippen molar-refractivity contribution in [3.05, 3.63) is 33.9 Å². The molecule has 1 aromatic rings. The Morgan fingerprint density at radius 2 is 2.00 bits per heavy atom. The molecule has 5 nitrogen and oxygen atoms in total. The fraction of sp³-hybridized carbons (Fsp3) is 0.417. The van der Waals surface area contributed by atoms with E-state index in [1.807, 2.05) is 0 Å². The fourth-order valence-electron chi connectivity index (χ4n) is 2.68. The van der Waals surface area contributed by atoms with Crippen molar-refractivity contribution in [1.29, 1.82) is 0 Å². The zero-order chi connectivity index (χ0) is 15.3. The number of hydrogen-bond donors (Lipinski definition) is 0. The number of carbonyl (C=O) groups excluding carboxylic acids is 1. The van der Waals surface area contributed by atoms with Crippen molar-refractivity contribution < 1.29 is 22.9 Å². The van der Waals surface area contributed by atoms with Crippen molar-refractivity contribution in [3.8, 4) is 0 Å².